The number of rotatable bonds is 7. The molecule has 1 aliphatic rings. The van der Waals surface area contributed by atoms with Gasteiger partial charge in [0.25, 0.3) is 5.91 Å². The topological polar surface area (TPSA) is 75.7 Å². The summed E-state index contributed by atoms with van der Waals surface area (Å²) in [4.78, 5) is 12.5. The third-order valence-electron chi connectivity index (χ3n) is 4.59. The number of sulfonamides is 1. The Hall–Kier alpha value is -1.93. The van der Waals surface area contributed by atoms with Crippen molar-refractivity contribution in [3.05, 3.63) is 64.7 Å². The summed E-state index contributed by atoms with van der Waals surface area (Å²) in [6, 6.07) is 13.7. The van der Waals surface area contributed by atoms with Crippen LogP contribution in [0.5, 0.6) is 0 Å². The molecule has 2 aromatic carbocycles. The molecule has 0 aromatic heterocycles. The van der Waals surface area contributed by atoms with Gasteiger partial charge in [-0.05, 0) is 48.7 Å². The van der Waals surface area contributed by atoms with E-state index in [1.54, 1.807) is 0 Å². The highest BCUT2D eigenvalue weighted by atomic mass is 35.5. The Kier molecular flexibility index (Phi) is 7.07. The first-order valence-corrected chi connectivity index (χ1v) is 11.0. The number of hydrogen-bond acceptors (Lipinski definition) is 4. The van der Waals surface area contributed by atoms with Crippen LogP contribution >= 0.6 is 11.6 Å². The largest absolute Gasteiger partial charge is 0.379 e. The molecule has 150 valence electrons. The minimum absolute atomic E-state index is 0.185. The number of carbonyl (C=O) groups excluding carboxylic acids is 1. The minimum Gasteiger partial charge on any atom is -0.379 e. The molecule has 8 heteroatoms. The normalized spacial score (nSPS) is 15.3. The van der Waals surface area contributed by atoms with Gasteiger partial charge in [-0.15, -0.1) is 0 Å². The Bertz CT molecular complexity index is 910. The maximum Gasteiger partial charge on any atom is 0.251 e. The first kappa shape index (κ1) is 20.8. The highest BCUT2D eigenvalue weighted by Gasteiger charge is 2.26. The van der Waals surface area contributed by atoms with Crippen molar-refractivity contribution in [1.29, 1.82) is 0 Å². The third-order valence-corrected chi connectivity index (χ3v) is 6.87. The Balaban J connectivity index is 1.53. The average molecular weight is 423 g/mol. The standard InChI is InChI=1S/C20H23ClN2O4S/c21-19-6-2-1-4-16(19)5-3-11-22-20(24)17-7-9-18(10-8-17)28(25,26)23-12-14-27-15-13-23/h1-2,4,6-10H,3,5,11-15H2,(H,22,24). The SMILES string of the molecule is O=C(NCCCc1ccccc1Cl)c1ccc(S(=O)(=O)N2CCOCC2)cc1. The Labute approximate surface area is 170 Å². The lowest BCUT2D eigenvalue weighted by Crippen LogP contribution is -2.40. The van der Waals surface area contributed by atoms with E-state index in [4.69, 9.17) is 16.3 Å². The van der Waals surface area contributed by atoms with Gasteiger partial charge < -0.3 is 10.1 Å². The molecule has 0 spiro atoms. The molecule has 1 heterocycles. The number of aryl methyl sites for hydroxylation is 1. The monoisotopic (exact) mass is 422 g/mol. The molecule has 6 nitrogen and oxygen atoms in total. The first-order valence-electron chi connectivity index (χ1n) is 9.18. The van der Waals surface area contributed by atoms with Crippen LogP contribution in [0, 0.1) is 0 Å². The van der Waals surface area contributed by atoms with E-state index in [-0.39, 0.29) is 10.8 Å². The van der Waals surface area contributed by atoms with Crippen molar-refractivity contribution in [2.75, 3.05) is 32.8 Å². The number of hydrogen-bond donors (Lipinski definition) is 1. The van der Waals surface area contributed by atoms with Gasteiger partial charge in [-0.25, -0.2) is 8.42 Å². The van der Waals surface area contributed by atoms with E-state index < -0.39 is 10.0 Å². The minimum atomic E-state index is -3.55. The van der Waals surface area contributed by atoms with Gasteiger partial charge in [0.1, 0.15) is 0 Å². The van der Waals surface area contributed by atoms with Gasteiger partial charge >= 0.3 is 0 Å². The van der Waals surface area contributed by atoms with Gasteiger partial charge in [-0.1, -0.05) is 29.8 Å². The number of amides is 1. The summed E-state index contributed by atoms with van der Waals surface area (Å²) in [5.74, 6) is -0.227. The lowest BCUT2D eigenvalue weighted by atomic mass is 10.1. The van der Waals surface area contributed by atoms with Crippen molar-refractivity contribution in [3.8, 4) is 0 Å². The molecule has 0 saturated carbocycles. The van der Waals surface area contributed by atoms with E-state index in [2.05, 4.69) is 5.32 Å². The molecule has 0 radical (unpaired) electrons. The summed E-state index contributed by atoms with van der Waals surface area (Å²) in [5, 5.41) is 3.58. The third kappa shape index (κ3) is 5.11. The molecule has 1 N–H and O–H groups in total. The maximum atomic E-state index is 12.6. The Morgan fingerprint density at radius 3 is 2.43 bits per heavy atom. The first-order chi connectivity index (χ1) is 13.5. The number of morpholine rings is 1. The maximum absolute atomic E-state index is 12.6. The fourth-order valence-corrected chi connectivity index (χ4v) is 4.64. The molecule has 1 saturated heterocycles. The molecule has 0 aliphatic carbocycles. The molecule has 28 heavy (non-hydrogen) atoms. The average Bonchev–Trinajstić information content (AvgIpc) is 2.73. The van der Waals surface area contributed by atoms with Crippen molar-refractivity contribution < 1.29 is 17.9 Å². The Morgan fingerprint density at radius 2 is 1.75 bits per heavy atom. The number of nitrogens with zero attached hydrogens (tertiary/aromatic N) is 1. The molecule has 0 bridgehead atoms. The molecule has 0 unspecified atom stereocenters. The molecular formula is C20H23ClN2O4S. The molecular weight excluding hydrogens is 400 g/mol. The molecule has 0 atom stereocenters. The summed E-state index contributed by atoms with van der Waals surface area (Å²) in [6.45, 7) is 1.99. The molecule has 3 rings (SSSR count). The van der Waals surface area contributed by atoms with Crippen LogP contribution in [-0.4, -0.2) is 51.5 Å². The Morgan fingerprint density at radius 1 is 1.07 bits per heavy atom. The zero-order chi connectivity index (χ0) is 20.0. The van der Waals surface area contributed by atoms with E-state index in [1.807, 2.05) is 24.3 Å². The number of ether oxygens (including phenoxy) is 1. The van der Waals surface area contributed by atoms with Crippen molar-refractivity contribution in [2.45, 2.75) is 17.7 Å². The summed E-state index contributed by atoms with van der Waals surface area (Å²) in [6.07, 6.45) is 1.54. The summed E-state index contributed by atoms with van der Waals surface area (Å²) >= 11 is 6.12. The zero-order valence-electron chi connectivity index (χ0n) is 15.4. The fraction of sp³-hybridized carbons (Fsp3) is 0.350. The second-order valence-electron chi connectivity index (χ2n) is 6.49. The smallest absolute Gasteiger partial charge is 0.251 e. The highest BCUT2D eigenvalue weighted by molar-refractivity contribution is 7.89. The predicted octanol–water partition coefficient (Wildman–Crippen LogP) is 2.72. The van der Waals surface area contributed by atoms with E-state index >= 15 is 0 Å². The van der Waals surface area contributed by atoms with Crippen LogP contribution in [0.2, 0.25) is 5.02 Å². The van der Waals surface area contributed by atoms with Crippen LogP contribution in [0.15, 0.2) is 53.4 Å². The van der Waals surface area contributed by atoms with E-state index in [9.17, 15) is 13.2 Å². The summed E-state index contributed by atoms with van der Waals surface area (Å²) < 4.78 is 31.8. The van der Waals surface area contributed by atoms with Crippen LogP contribution in [0.25, 0.3) is 0 Å². The van der Waals surface area contributed by atoms with Crippen LogP contribution in [-0.2, 0) is 21.2 Å². The van der Waals surface area contributed by atoms with Gasteiger partial charge in [0, 0.05) is 30.2 Å². The quantitative estimate of drug-likeness (QED) is 0.696. The van der Waals surface area contributed by atoms with Gasteiger partial charge in [-0.2, -0.15) is 4.31 Å². The van der Waals surface area contributed by atoms with Crippen molar-refractivity contribution >= 4 is 27.5 Å². The second kappa shape index (κ2) is 9.52. The fourth-order valence-electron chi connectivity index (χ4n) is 3.00. The molecule has 1 aliphatic heterocycles. The van der Waals surface area contributed by atoms with Crippen LogP contribution in [0.4, 0.5) is 0 Å². The number of carbonyl (C=O) groups is 1. The van der Waals surface area contributed by atoms with Crippen molar-refractivity contribution in [3.63, 3.8) is 0 Å². The predicted molar refractivity (Wildman–Crippen MR) is 108 cm³/mol. The van der Waals surface area contributed by atoms with E-state index in [1.165, 1.54) is 28.6 Å². The molecule has 1 amide bonds. The van der Waals surface area contributed by atoms with Gasteiger partial charge in [0.15, 0.2) is 0 Å². The number of halogens is 1. The van der Waals surface area contributed by atoms with Gasteiger partial charge in [-0.3, -0.25) is 4.79 Å². The van der Waals surface area contributed by atoms with Crippen LogP contribution < -0.4 is 5.32 Å². The molecule has 1 fully saturated rings. The van der Waals surface area contributed by atoms with Gasteiger partial charge in [0.2, 0.25) is 10.0 Å². The number of nitrogens with one attached hydrogen (secondary N) is 1. The highest BCUT2D eigenvalue weighted by Crippen LogP contribution is 2.18. The lowest BCUT2D eigenvalue weighted by molar-refractivity contribution is 0.0730. The van der Waals surface area contributed by atoms with Crippen LogP contribution in [0.3, 0.4) is 0 Å². The van der Waals surface area contributed by atoms with E-state index in [0.717, 1.165) is 23.4 Å². The van der Waals surface area contributed by atoms with Gasteiger partial charge in [0.05, 0.1) is 18.1 Å². The zero-order valence-corrected chi connectivity index (χ0v) is 17.0. The second-order valence-corrected chi connectivity index (χ2v) is 8.84. The van der Waals surface area contributed by atoms with Crippen molar-refractivity contribution in [2.24, 2.45) is 0 Å². The molecule has 2 aromatic rings. The lowest BCUT2D eigenvalue weighted by Gasteiger charge is -2.26. The van der Waals surface area contributed by atoms with Crippen LogP contribution in [0.1, 0.15) is 22.3 Å². The summed E-state index contributed by atoms with van der Waals surface area (Å²) in [7, 11) is -3.55. The summed E-state index contributed by atoms with van der Waals surface area (Å²) in [5.41, 5.74) is 1.48. The van der Waals surface area contributed by atoms with Crippen molar-refractivity contribution in [1.82, 2.24) is 9.62 Å². The number of benzene rings is 2. The van der Waals surface area contributed by atoms with E-state index in [0.29, 0.717) is 38.4 Å².